The van der Waals surface area contributed by atoms with Gasteiger partial charge in [0.2, 0.25) is 0 Å². The molecule has 0 N–H and O–H groups in total. The molecule has 16 heavy (non-hydrogen) atoms. The highest BCUT2D eigenvalue weighted by molar-refractivity contribution is 5.72. The molecule has 0 aromatic rings. The van der Waals surface area contributed by atoms with Crippen LogP contribution in [0.1, 0.15) is 39.5 Å². The molecule has 1 aliphatic carbocycles. The van der Waals surface area contributed by atoms with E-state index in [-0.39, 0.29) is 18.0 Å². The summed E-state index contributed by atoms with van der Waals surface area (Å²) < 4.78 is 10.5. The Bertz CT molecular complexity index is 258. The molecule has 0 amide bonds. The molecular formula is C13H22O3. The van der Waals surface area contributed by atoms with Gasteiger partial charge in [0.1, 0.15) is 6.10 Å². The summed E-state index contributed by atoms with van der Waals surface area (Å²) in [6.45, 7) is 4.56. The molecule has 3 nitrogen and oxygen atoms in total. The first-order valence-corrected chi connectivity index (χ1v) is 6.06. The Morgan fingerprint density at radius 3 is 3.00 bits per heavy atom. The molecule has 0 fully saturated rings. The van der Waals surface area contributed by atoms with Crippen molar-refractivity contribution in [1.29, 1.82) is 0 Å². The van der Waals surface area contributed by atoms with Crippen LogP contribution in [0.25, 0.3) is 0 Å². The maximum atomic E-state index is 11.6. The van der Waals surface area contributed by atoms with Gasteiger partial charge in [0.25, 0.3) is 0 Å². The predicted molar refractivity (Wildman–Crippen MR) is 63.1 cm³/mol. The Hall–Kier alpha value is -0.830. The van der Waals surface area contributed by atoms with E-state index in [1.54, 1.807) is 7.11 Å². The number of hydrogen-bond donors (Lipinski definition) is 0. The summed E-state index contributed by atoms with van der Waals surface area (Å²) in [5.41, 5.74) is 1.25. The Balaban J connectivity index is 2.47. The number of hydrogen-bond acceptors (Lipinski definition) is 3. The zero-order valence-corrected chi connectivity index (χ0v) is 10.5. The Labute approximate surface area is 97.8 Å². The van der Waals surface area contributed by atoms with Crippen LogP contribution in [0.2, 0.25) is 0 Å². The van der Waals surface area contributed by atoms with Gasteiger partial charge in [0.05, 0.1) is 12.5 Å². The molecule has 2 atom stereocenters. The number of esters is 1. The molecule has 1 unspecified atom stereocenters. The summed E-state index contributed by atoms with van der Waals surface area (Å²) in [6, 6.07) is 0. The Morgan fingerprint density at radius 2 is 2.38 bits per heavy atom. The van der Waals surface area contributed by atoms with E-state index >= 15 is 0 Å². The molecular weight excluding hydrogens is 204 g/mol. The topological polar surface area (TPSA) is 35.5 Å². The Kier molecular flexibility index (Phi) is 5.53. The van der Waals surface area contributed by atoms with Crippen molar-refractivity contribution in [2.75, 3.05) is 13.7 Å². The van der Waals surface area contributed by atoms with Crippen LogP contribution in [0.3, 0.4) is 0 Å². The second-order valence-corrected chi connectivity index (χ2v) is 4.43. The molecule has 3 heteroatoms. The van der Waals surface area contributed by atoms with Crippen molar-refractivity contribution in [2.24, 2.45) is 5.92 Å². The number of carbonyl (C=O) groups is 1. The molecule has 0 aromatic heterocycles. The third kappa shape index (κ3) is 3.97. The van der Waals surface area contributed by atoms with Crippen LogP contribution >= 0.6 is 0 Å². The van der Waals surface area contributed by atoms with Crippen LogP contribution in [0, 0.1) is 5.92 Å². The van der Waals surface area contributed by atoms with Crippen molar-refractivity contribution < 1.29 is 14.3 Å². The number of carbonyl (C=O) groups excluding carboxylic acids is 1. The van der Waals surface area contributed by atoms with Crippen LogP contribution in [0.15, 0.2) is 11.6 Å². The van der Waals surface area contributed by atoms with Crippen molar-refractivity contribution >= 4 is 5.97 Å². The van der Waals surface area contributed by atoms with Crippen molar-refractivity contribution in [3.8, 4) is 0 Å². The third-order valence-electron chi connectivity index (χ3n) is 3.02. The van der Waals surface area contributed by atoms with Gasteiger partial charge in [-0.3, -0.25) is 4.79 Å². The van der Waals surface area contributed by atoms with Crippen molar-refractivity contribution in [1.82, 2.24) is 0 Å². The van der Waals surface area contributed by atoms with E-state index in [1.165, 1.54) is 5.57 Å². The molecule has 1 rings (SSSR count). The van der Waals surface area contributed by atoms with Crippen LogP contribution in [-0.2, 0) is 14.3 Å². The lowest BCUT2D eigenvalue weighted by atomic mass is 9.98. The number of methoxy groups -OCH3 is 1. The van der Waals surface area contributed by atoms with Crippen LogP contribution < -0.4 is 0 Å². The molecule has 0 spiro atoms. The highest BCUT2D eigenvalue weighted by Crippen LogP contribution is 2.21. The summed E-state index contributed by atoms with van der Waals surface area (Å²) in [5, 5.41) is 0. The van der Waals surface area contributed by atoms with Gasteiger partial charge >= 0.3 is 5.97 Å². The third-order valence-corrected chi connectivity index (χ3v) is 3.02. The molecule has 0 bridgehead atoms. The monoisotopic (exact) mass is 226 g/mol. The maximum absolute atomic E-state index is 11.6. The highest BCUT2D eigenvalue weighted by atomic mass is 16.5. The van der Waals surface area contributed by atoms with Crippen molar-refractivity contribution in [3.63, 3.8) is 0 Å². The lowest BCUT2D eigenvalue weighted by molar-refractivity contribution is -0.151. The average molecular weight is 226 g/mol. The standard InChI is InChI=1S/C13H22O3/c1-4-10(2)13(14)16-12-7-5-6-11(8-12)9-15-3/h8,10,12H,4-7,9H2,1-3H3/t10-,12?/m1/s1. The van der Waals surface area contributed by atoms with Gasteiger partial charge in [0, 0.05) is 7.11 Å². The lowest BCUT2D eigenvalue weighted by Gasteiger charge is -2.22. The van der Waals surface area contributed by atoms with Gasteiger partial charge in [-0.05, 0) is 37.3 Å². The normalized spacial score (nSPS) is 22.4. The molecule has 0 aromatic carbocycles. The van der Waals surface area contributed by atoms with E-state index < -0.39 is 0 Å². The minimum atomic E-state index is -0.0811. The van der Waals surface area contributed by atoms with E-state index in [4.69, 9.17) is 9.47 Å². The average Bonchev–Trinajstić information content (AvgIpc) is 2.29. The molecule has 0 aliphatic heterocycles. The predicted octanol–water partition coefficient (Wildman–Crippen LogP) is 2.70. The first kappa shape index (κ1) is 13.2. The molecule has 92 valence electrons. The minimum Gasteiger partial charge on any atom is -0.458 e. The van der Waals surface area contributed by atoms with Gasteiger partial charge in [-0.15, -0.1) is 0 Å². The number of rotatable bonds is 5. The highest BCUT2D eigenvalue weighted by Gasteiger charge is 2.20. The van der Waals surface area contributed by atoms with E-state index in [0.29, 0.717) is 6.61 Å². The molecule has 0 saturated heterocycles. The van der Waals surface area contributed by atoms with Gasteiger partial charge < -0.3 is 9.47 Å². The van der Waals surface area contributed by atoms with Crippen LogP contribution in [0.4, 0.5) is 0 Å². The SMILES string of the molecule is CC[C@@H](C)C(=O)OC1C=C(COC)CCC1. The summed E-state index contributed by atoms with van der Waals surface area (Å²) in [5.74, 6) is -0.0800. The molecule has 1 aliphatic rings. The minimum absolute atomic E-state index is 0.00111. The van der Waals surface area contributed by atoms with E-state index in [1.807, 2.05) is 19.9 Å². The van der Waals surface area contributed by atoms with Crippen LogP contribution in [-0.4, -0.2) is 25.8 Å². The quantitative estimate of drug-likeness (QED) is 0.534. The van der Waals surface area contributed by atoms with Gasteiger partial charge in [-0.2, -0.15) is 0 Å². The number of ether oxygens (including phenoxy) is 2. The van der Waals surface area contributed by atoms with E-state index in [2.05, 4.69) is 0 Å². The fourth-order valence-corrected chi connectivity index (χ4v) is 1.79. The van der Waals surface area contributed by atoms with Gasteiger partial charge in [-0.25, -0.2) is 0 Å². The summed E-state index contributed by atoms with van der Waals surface area (Å²) in [4.78, 5) is 11.6. The fraction of sp³-hybridized carbons (Fsp3) is 0.769. The van der Waals surface area contributed by atoms with Crippen LogP contribution in [0.5, 0.6) is 0 Å². The molecule has 0 radical (unpaired) electrons. The largest absolute Gasteiger partial charge is 0.458 e. The summed E-state index contributed by atoms with van der Waals surface area (Å²) in [6.07, 6.45) is 5.92. The zero-order chi connectivity index (χ0) is 12.0. The second-order valence-electron chi connectivity index (χ2n) is 4.43. The summed E-state index contributed by atoms with van der Waals surface area (Å²) >= 11 is 0. The van der Waals surface area contributed by atoms with Crippen molar-refractivity contribution in [2.45, 2.75) is 45.6 Å². The first-order valence-electron chi connectivity index (χ1n) is 6.06. The van der Waals surface area contributed by atoms with Gasteiger partial charge in [-0.1, -0.05) is 13.8 Å². The fourth-order valence-electron chi connectivity index (χ4n) is 1.79. The van der Waals surface area contributed by atoms with Gasteiger partial charge in [0.15, 0.2) is 0 Å². The van der Waals surface area contributed by atoms with E-state index in [0.717, 1.165) is 25.7 Å². The molecule has 0 saturated carbocycles. The Morgan fingerprint density at radius 1 is 1.62 bits per heavy atom. The lowest BCUT2D eigenvalue weighted by Crippen LogP contribution is -2.23. The zero-order valence-electron chi connectivity index (χ0n) is 10.5. The second kappa shape index (κ2) is 6.69. The van der Waals surface area contributed by atoms with Crippen molar-refractivity contribution in [3.05, 3.63) is 11.6 Å². The first-order chi connectivity index (χ1) is 7.67. The summed E-state index contributed by atoms with van der Waals surface area (Å²) in [7, 11) is 1.69. The smallest absolute Gasteiger partial charge is 0.309 e. The van der Waals surface area contributed by atoms with E-state index in [9.17, 15) is 4.79 Å². The maximum Gasteiger partial charge on any atom is 0.309 e. The molecule has 0 heterocycles.